The highest BCUT2D eigenvalue weighted by Crippen LogP contribution is 2.26. The third-order valence-electron chi connectivity index (χ3n) is 2.77. The lowest BCUT2D eigenvalue weighted by Crippen LogP contribution is -2.15. The first kappa shape index (κ1) is 11.8. The van der Waals surface area contributed by atoms with Gasteiger partial charge in [0.05, 0.1) is 15.2 Å². The molecule has 0 aliphatic heterocycles. The number of hydrogen-bond acceptors (Lipinski definition) is 3. The van der Waals surface area contributed by atoms with Crippen molar-refractivity contribution in [3.05, 3.63) is 28.2 Å². The molecule has 16 heavy (non-hydrogen) atoms. The van der Waals surface area contributed by atoms with E-state index in [0.717, 1.165) is 34.9 Å². The molecule has 0 bridgehead atoms. The van der Waals surface area contributed by atoms with E-state index in [1.54, 1.807) is 11.3 Å². The summed E-state index contributed by atoms with van der Waals surface area (Å²) in [4.78, 5) is 4.59. The van der Waals surface area contributed by atoms with Crippen molar-refractivity contribution in [2.24, 2.45) is 11.7 Å². The predicted molar refractivity (Wildman–Crippen MR) is 71.2 cm³/mol. The second-order valence-electron chi connectivity index (χ2n) is 3.93. The molecule has 1 aromatic carbocycles. The maximum atomic E-state index is 5.93. The van der Waals surface area contributed by atoms with Crippen LogP contribution < -0.4 is 5.73 Å². The van der Waals surface area contributed by atoms with Crippen LogP contribution in [0.5, 0.6) is 0 Å². The summed E-state index contributed by atoms with van der Waals surface area (Å²) in [5.41, 5.74) is 6.70. The summed E-state index contributed by atoms with van der Waals surface area (Å²) in [5.74, 6) is 0.538. The highest BCUT2D eigenvalue weighted by atomic mass is 35.5. The molecule has 86 valence electrons. The molecular formula is C12H15ClN2S. The summed E-state index contributed by atoms with van der Waals surface area (Å²) >= 11 is 7.67. The van der Waals surface area contributed by atoms with Crippen molar-refractivity contribution in [2.75, 3.05) is 6.54 Å². The quantitative estimate of drug-likeness (QED) is 0.907. The van der Waals surface area contributed by atoms with E-state index in [1.807, 2.05) is 18.2 Å². The van der Waals surface area contributed by atoms with Crippen molar-refractivity contribution in [3.63, 3.8) is 0 Å². The third kappa shape index (κ3) is 2.54. The van der Waals surface area contributed by atoms with Crippen molar-refractivity contribution in [1.82, 2.24) is 4.98 Å². The molecule has 0 amide bonds. The van der Waals surface area contributed by atoms with Gasteiger partial charge in [-0.05, 0) is 30.7 Å². The summed E-state index contributed by atoms with van der Waals surface area (Å²) in [5, 5.41) is 1.91. The molecule has 1 atom stereocenters. The van der Waals surface area contributed by atoms with E-state index >= 15 is 0 Å². The highest BCUT2D eigenvalue weighted by Gasteiger charge is 2.09. The summed E-state index contributed by atoms with van der Waals surface area (Å²) in [6.45, 7) is 2.90. The molecule has 2 rings (SSSR count). The second kappa shape index (κ2) is 5.13. The van der Waals surface area contributed by atoms with Crippen LogP contribution in [0.1, 0.15) is 18.4 Å². The molecule has 0 saturated carbocycles. The number of aromatic nitrogens is 1. The standard InChI is InChI=1S/C12H15ClN2S/c1-2-8(7-14)5-12-15-10-6-9(13)3-4-11(10)16-12/h3-4,6,8H,2,5,7,14H2,1H3. The zero-order chi connectivity index (χ0) is 11.5. The third-order valence-corrected chi connectivity index (χ3v) is 4.06. The number of thiazole rings is 1. The van der Waals surface area contributed by atoms with Crippen molar-refractivity contribution in [1.29, 1.82) is 0 Å². The van der Waals surface area contributed by atoms with Crippen LogP contribution >= 0.6 is 22.9 Å². The molecule has 2 N–H and O–H groups in total. The Morgan fingerprint density at radius 2 is 2.31 bits per heavy atom. The minimum absolute atomic E-state index is 0.538. The summed E-state index contributed by atoms with van der Waals surface area (Å²) in [6, 6.07) is 5.86. The van der Waals surface area contributed by atoms with Crippen LogP contribution in [-0.4, -0.2) is 11.5 Å². The molecule has 0 fully saturated rings. The van der Waals surface area contributed by atoms with Gasteiger partial charge in [-0.3, -0.25) is 0 Å². The van der Waals surface area contributed by atoms with Crippen LogP contribution in [-0.2, 0) is 6.42 Å². The number of nitrogens with two attached hydrogens (primary N) is 1. The first-order valence-electron chi connectivity index (χ1n) is 5.48. The van der Waals surface area contributed by atoms with Gasteiger partial charge in [-0.1, -0.05) is 24.9 Å². The fourth-order valence-electron chi connectivity index (χ4n) is 1.68. The molecule has 0 aliphatic carbocycles. The van der Waals surface area contributed by atoms with Crippen LogP contribution in [0.3, 0.4) is 0 Å². The van der Waals surface area contributed by atoms with E-state index in [9.17, 15) is 0 Å². The minimum atomic E-state index is 0.538. The lowest BCUT2D eigenvalue weighted by molar-refractivity contribution is 0.518. The van der Waals surface area contributed by atoms with E-state index in [4.69, 9.17) is 17.3 Å². The zero-order valence-electron chi connectivity index (χ0n) is 9.24. The van der Waals surface area contributed by atoms with Crippen molar-refractivity contribution in [3.8, 4) is 0 Å². The van der Waals surface area contributed by atoms with Gasteiger partial charge >= 0.3 is 0 Å². The van der Waals surface area contributed by atoms with Crippen LogP contribution in [0.2, 0.25) is 5.02 Å². The number of benzene rings is 1. The van der Waals surface area contributed by atoms with Gasteiger partial charge in [0.15, 0.2) is 0 Å². The molecule has 2 nitrogen and oxygen atoms in total. The molecular weight excluding hydrogens is 240 g/mol. The molecule has 2 aromatic rings. The van der Waals surface area contributed by atoms with Crippen molar-refractivity contribution < 1.29 is 0 Å². The van der Waals surface area contributed by atoms with Gasteiger partial charge in [-0.15, -0.1) is 11.3 Å². The molecule has 0 aliphatic rings. The molecule has 0 radical (unpaired) electrons. The largest absolute Gasteiger partial charge is 0.330 e. The Morgan fingerprint density at radius 3 is 3.00 bits per heavy atom. The number of rotatable bonds is 4. The Bertz CT molecular complexity index is 477. The SMILES string of the molecule is CCC(CN)Cc1nc2cc(Cl)ccc2s1. The Morgan fingerprint density at radius 1 is 1.50 bits per heavy atom. The molecule has 1 unspecified atom stereocenters. The number of fused-ring (bicyclic) bond motifs is 1. The van der Waals surface area contributed by atoms with Crippen LogP contribution in [0.25, 0.3) is 10.2 Å². The Balaban J connectivity index is 2.25. The summed E-state index contributed by atoms with van der Waals surface area (Å²) in [6.07, 6.45) is 2.08. The fourth-order valence-corrected chi connectivity index (χ4v) is 2.91. The zero-order valence-corrected chi connectivity index (χ0v) is 10.8. The van der Waals surface area contributed by atoms with Gasteiger partial charge < -0.3 is 5.73 Å². The van der Waals surface area contributed by atoms with Gasteiger partial charge in [-0.2, -0.15) is 0 Å². The van der Waals surface area contributed by atoms with E-state index in [2.05, 4.69) is 11.9 Å². The first-order chi connectivity index (χ1) is 7.72. The maximum absolute atomic E-state index is 5.93. The van der Waals surface area contributed by atoms with Gasteiger partial charge in [0.25, 0.3) is 0 Å². The minimum Gasteiger partial charge on any atom is -0.330 e. The van der Waals surface area contributed by atoms with E-state index < -0.39 is 0 Å². The Labute approximate surface area is 104 Å². The van der Waals surface area contributed by atoms with Crippen LogP contribution in [0, 0.1) is 5.92 Å². The Hall–Kier alpha value is -0.640. The normalized spacial score (nSPS) is 13.2. The van der Waals surface area contributed by atoms with Gasteiger partial charge in [0.1, 0.15) is 0 Å². The van der Waals surface area contributed by atoms with Crippen LogP contribution in [0.15, 0.2) is 18.2 Å². The molecule has 4 heteroatoms. The maximum Gasteiger partial charge on any atom is 0.0941 e. The van der Waals surface area contributed by atoms with Crippen molar-refractivity contribution in [2.45, 2.75) is 19.8 Å². The van der Waals surface area contributed by atoms with E-state index in [1.165, 1.54) is 4.70 Å². The van der Waals surface area contributed by atoms with Crippen molar-refractivity contribution >= 4 is 33.2 Å². The van der Waals surface area contributed by atoms with Gasteiger partial charge in [0, 0.05) is 11.4 Å². The van der Waals surface area contributed by atoms with Gasteiger partial charge in [-0.25, -0.2) is 4.98 Å². The number of nitrogens with zero attached hydrogens (tertiary/aromatic N) is 1. The molecule has 0 saturated heterocycles. The summed E-state index contributed by atoms with van der Waals surface area (Å²) < 4.78 is 1.20. The lowest BCUT2D eigenvalue weighted by Gasteiger charge is -2.08. The average molecular weight is 255 g/mol. The summed E-state index contributed by atoms with van der Waals surface area (Å²) in [7, 11) is 0. The van der Waals surface area contributed by atoms with E-state index in [0.29, 0.717) is 5.92 Å². The fraction of sp³-hybridized carbons (Fsp3) is 0.417. The number of halogens is 1. The smallest absolute Gasteiger partial charge is 0.0941 e. The van der Waals surface area contributed by atoms with E-state index in [-0.39, 0.29) is 0 Å². The molecule has 1 aromatic heterocycles. The first-order valence-corrected chi connectivity index (χ1v) is 6.67. The monoisotopic (exact) mass is 254 g/mol. The van der Waals surface area contributed by atoms with Gasteiger partial charge in [0.2, 0.25) is 0 Å². The Kier molecular flexibility index (Phi) is 3.79. The number of hydrogen-bond donors (Lipinski definition) is 1. The molecule has 1 heterocycles. The van der Waals surface area contributed by atoms with Crippen LogP contribution in [0.4, 0.5) is 0 Å². The predicted octanol–water partition coefficient (Wildman–Crippen LogP) is 3.48. The second-order valence-corrected chi connectivity index (χ2v) is 5.49. The topological polar surface area (TPSA) is 38.9 Å². The average Bonchev–Trinajstić information content (AvgIpc) is 2.67. The highest BCUT2D eigenvalue weighted by molar-refractivity contribution is 7.18. The lowest BCUT2D eigenvalue weighted by atomic mass is 10.0. The molecule has 0 spiro atoms.